The number of likely N-dealkylation sites (tertiary alicyclic amines) is 1. The second-order valence-corrected chi connectivity index (χ2v) is 5.58. The normalized spacial score (nSPS) is 23.1. The van der Waals surface area contributed by atoms with Gasteiger partial charge >= 0.3 is 0 Å². The number of rotatable bonds is 4. The van der Waals surface area contributed by atoms with Gasteiger partial charge in [0.15, 0.2) is 0 Å². The Morgan fingerprint density at radius 2 is 2.37 bits per heavy atom. The number of anilines is 1. The zero-order valence-electron chi connectivity index (χ0n) is 11.8. The lowest BCUT2D eigenvalue weighted by Crippen LogP contribution is -2.39. The third-order valence-electron chi connectivity index (χ3n) is 4.19. The average molecular weight is 260 g/mol. The topological polar surface area (TPSA) is 24.5 Å². The van der Waals surface area contributed by atoms with Gasteiger partial charge in [0.25, 0.3) is 0 Å². The smallest absolute Gasteiger partial charge is 0.0702 e. The van der Waals surface area contributed by atoms with Gasteiger partial charge in [0.05, 0.1) is 6.10 Å². The number of para-hydroxylation sites is 1. The summed E-state index contributed by atoms with van der Waals surface area (Å²) in [6, 6.07) is 6.71. The van der Waals surface area contributed by atoms with Gasteiger partial charge in [-0.05, 0) is 43.9 Å². The van der Waals surface area contributed by atoms with Gasteiger partial charge in [-0.15, -0.1) is 0 Å². The van der Waals surface area contributed by atoms with Crippen LogP contribution in [-0.2, 0) is 17.7 Å². The van der Waals surface area contributed by atoms with Crippen molar-refractivity contribution in [2.45, 2.75) is 38.8 Å². The summed E-state index contributed by atoms with van der Waals surface area (Å²) in [5.41, 5.74) is 4.32. The van der Waals surface area contributed by atoms with E-state index < -0.39 is 0 Å². The predicted molar refractivity (Wildman–Crippen MR) is 78.6 cm³/mol. The Kier molecular flexibility index (Phi) is 4.04. The fraction of sp³-hybridized carbons (Fsp3) is 0.625. The first-order chi connectivity index (χ1) is 9.36. The molecule has 0 saturated carbocycles. The van der Waals surface area contributed by atoms with Crippen LogP contribution in [0.2, 0.25) is 0 Å². The predicted octanol–water partition coefficient (Wildman–Crippen LogP) is 2.66. The van der Waals surface area contributed by atoms with Crippen LogP contribution >= 0.6 is 0 Å². The van der Waals surface area contributed by atoms with Gasteiger partial charge in [-0.25, -0.2) is 0 Å². The Morgan fingerprint density at radius 1 is 1.42 bits per heavy atom. The molecule has 1 saturated heterocycles. The number of nitrogens with zero attached hydrogens (tertiary/aromatic N) is 1. The summed E-state index contributed by atoms with van der Waals surface area (Å²) in [6.07, 6.45) is 4.08. The Morgan fingerprint density at radius 3 is 3.26 bits per heavy atom. The maximum atomic E-state index is 5.79. The molecule has 0 aliphatic carbocycles. The van der Waals surface area contributed by atoms with Gasteiger partial charge < -0.3 is 10.1 Å². The number of fused-ring (bicyclic) bond motifs is 1. The molecule has 104 valence electrons. The zero-order valence-corrected chi connectivity index (χ0v) is 11.8. The number of hydrogen-bond donors (Lipinski definition) is 1. The maximum Gasteiger partial charge on any atom is 0.0702 e. The monoisotopic (exact) mass is 260 g/mol. The highest BCUT2D eigenvalue weighted by Crippen LogP contribution is 2.28. The van der Waals surface area contributed by atoms with Gasteiger partial charge in [0, 0.05) is 31.9 Å². The Bertz CT molecular complexity index is 431. The molecule has 3 nitrogen and oxygen atoms in total. The summed E-state index contributed by atoms with van der Waals surface area (Å²) in [5.74, 6) is 0. The van der Waals surface area contributed by atoms with Crippen LogP contribution in [0.4, 0.5) is 5.69 Å². The molecule has 19 heavy (non-hydrogen) atoms. The second kappa shape index (κ2) is 5.93. The number of piperidine rings is 1. The van der Waals surface area contributed by atoms with Crippen molar-refractivity contribution < 1.29 is 4.74 Å². The molecule has 1 aromatic rings. The van der Waals surface area contributed by atoms with E-state index in [1.54, 1.807) is 0 Å². The Hall–Kier alpha value is -1.06. The molecular weight excluding hydrogens is 236 g/mol. The van der Waals surface area contributed by atoms with Gasteiger partial charge in [0.2, 0.25) is 0 Å². The first-order valence-electron chi connectivity index (χ1n) is 7.55. The highest BCUT2D eigenvalue weighted by molar-refractivity contribution is 5.61. The van der Waals surface area contributed by atoms with E-state index in [2.05, 4.69) is 35.3 Å². The molecule has 0 spiro atoms. The third-order valence-corrected chi connectivity index (χ3v) is 4.19. The van der Waals surface area contributed by atoms with Gasteiger partial charge in [-0.3, -0.25) is 4.90 Å². The molecule has 0 radical (unpaired) electrons. The summed E-state index contributed by atoms with van der Waals surface area (Å²) in [4.78, 5) is 2.54. The number of hydrogen-bond acceptors (Lipinski definition) is 3. The minimum atomic E-state index is 0.434. The standard InChI is InChI=1S/C16H24N2O/c1-2-19-15-7-4-10-18(12-15)11-14-6-3-5-13-8-9-17-16(13)14/h3,5-6,15,17H,2,4,7-12H2,1H3. The summed E-state index contributed by atoms with van der Waals surface area (Å²) in [6.45, 7) is 7.35. The summed E-state index contributed by atoms with van der Waals surface area (Å²) in [7, 11) is 0. The summed E-state index contributed by atoms with van der Waals surface area (Å²) < 4.78 is 5.79. The molecule has 0 amide bonds. The molecule has 0 aromatic heterocycles. The molecule has 0 bridgehead atoms. The van der Waals surface area contributed by atoms with Crippen LogP contribution < -0.4 is 5.32 Å². The summed E-state index contributed by atoms with van der Waals surface area (Å²) in [5, 5.41) is 3.54. The quantitative estimate of drug-likeness (QED) is 0.900. The largest absolute Gasteiger partial charge is 0.384 e. The molecule has 1 atom stereocenters. The molecule has 1 unspecified atom stereocenters. The lowest BCUT2D eigenvalue weighted by Gasteiger charge is -2.32. The van der Waals surface area contributed by atoms with E-state index in [-0.39, 0.29) is 0 Å². The van der Waals surface area contributed by atoms with Crippen molar-refractivity contribution in [2.75, 3.05) is 31.6 Å². The van der Waals surface area contributed by atoms with Crippen molar-refractivity contribution in [1.82, 2.24) is 4.90 Å². The van der Waals surface area contributed by atoms with Crippen molar-refractivity contribution >= 4 is 5.69 Å². The lowest BCUT2D eigenvalue weighted by atomic mass is 10.0. The van der Waals surface area contributed by atoms with Crippen LogP contribution in [0, 0.1) is 0 Å². The SMILES string of the molecule is CCOC1CCCN(Cc2cccc3c2NCC3)C1. The van der Waals surface area contributed by atoms with Gasteiger partial charge in [0.1, 0.15) is 0 Å². The van der Waals surface area contributed by atoms with E-state index in [0.29, 0.717) is 6.10 Å². The van der Waals surface area contributed by atoms with Gasteiger partial charge in [-0.2, -0.15) is 0 Å². The fourth-order valence-electron chi connectivity index (χ4n) is 3.31. The van der Waals surface area contributed by atoms with E-state index >= 15 is 0 Å². The molecule has 1 aromatic carbocycles. The van der Waals surface area contributed by atoms with Crippen molar-refractivity contribution in [3.8, 4) is 0 Å². The lowest BCUT2D eigenvalue weighted by molar-refractivity contribution is 0.00368. The molecule has 3 rings (SSSR count). The first kappa shape index (κ1) is 12.9. The van der Waals surface area contributed by atoms with Crippen LogP contribution in [0.3, 0.4) is 0 Å². The van der Waals surface area contributed by atoms with Crippen LogP contribution in [0.5, 0.6) is 0 Å². The molecular formula is C16H24N2O. The number of benzene rings is 1. The number of nitrogens with one attached hydrogen (secondary N) is 1. The molecule has 1 N–H and O–H groups in total. The van der Waals surface area contributed by atoms with Crippen LogP contribution in [0.25, 0.3) is 0 Å². The van der Waals surface area contributed by atoms with Crippen molar-refractivity contribution in [2.24, 2.45) is 0 Å². The van der Waals surface area contributed by atoms with E-state index in [4.69, 9.17) is 4.74 Å². The molecule has 2 heterocycles. The van der Waals surface area contributed by atoms with Crippen LogP contribution in [0.15, 0.2) is 18.2 Å². The van der Waals surface area contributed by atoms with Crippen molar-refractivity contribution in [1.29, 1.82) is 0 Å². The summed E-state index contributed by atoms with van der Waals surface area (Å²) >= 11 is 0. The Labute approximate surface area is 115 Å². The second-order valence-electron chi connectivity index (χ2n) is 5.58. The molecule has 3 heteroatoms. The van der Waals surface area contributed by atoms with E-state index in [1.165, 1.54) is 42.6 Å². The third kappa shape index (κ3) is 2.93. The Balaban J connectivity index is 1.66. The first-order valence-corrected chi connectivity index (χ1v) is 7.55. The zero-order chi connectivity index (χ0) is 13.1. The maximum absolute atomic E-state index is 5.79. The van der Waals surface area contributed by atoms with Crippen molar-refractivity contribution in [3.63, 3.8) is 0 Å². The molecule has 2 aliphatic rings. The van der Waals surface area contributed by atoms with E-state index in [0.717, 1.165) is 26.2 Å². The highest BCUT2D eigenvalue weighted by Gasteiger charge is 2.22. The van der Waals surface area contributed by atoms with Gasteiger partial charge in [-0.1, -0.05) is 18.2 Å². The number of ether oxygens (including phenoxy) is 1. The highest BCUT2D eigenvalue weighted by atomic mass is 16.5. The van der Waals surface area contributed by atoms with E-state index in [9.17, 15) is 0 Å². The average Bonchev–Trinajstić information content (AvgIpc) is 2.89. The minimum Gasteiger partial charge on any atom is -0.384 e. The minimum absolute atomic E-state index is 0.434. The molecule has 2 aliphatic heterocycles. The van der Waals surface area contributed by atoms with E-state index in [1.807, 2.05) is 0 Å². The van der Waals surface area contributed by atoms with Crippen LogP contribution in [-0.4, -0.2) is 37.2 Å². The van der Waals surface area contributed by atoms with Crippen molar-refractivity contribution in [3.05, 3.63) is 29.3 Å². The molecule has 1 fully saturated rings. The fourth-order valence-corrected chi connectivity index (χ4v) is 3.31. The van der Waals surface area contributed by atoms with Crippen LogP contribution in [0.1, 0.15) is 30.9 Å².